The molecule has 3 aromatic rings. The summed E-state index contributed by atoms with van der Waals surface area (Å²) < 4.78 is 5.46. The molecule has 0 radical (unpaired) electrons. The van der Waals surface area contributed by atoms with Crippen LogP contribution in [0, 0.1) is 0 Å². The molecule has 1 N–H and O–H groups in total. The fraction of sp³-hybridized carbons (Fsp3) is 0.208. The second-order valence-electron chi connectivity index (χ2n) is 7.11. The number of benzene rings is 3. The molecule has 1 heterocycles. The Morgan fingerprint density at radius 1 is 1.06 bits per heavy atom. The van der Waals surface area contributed by atoms with Crippen LogP contribution in [0.1, 0.15) is 13.3 Å². The van der Waals surface area contributed by atoms with E-state index < -0.39 is 5.25 Å². The summed E-state index contributed by atoms with van der Waals surface area (Å²) >= 11 is 1.18. The van der Waals surface area contributed by atoms with Gasteiger partial charge in [-0.1, -0.05) is 36.4 Å². The molecule has 0 aliphatic carbocycles. The van der Waals surface area contributed by atoms with Gasteiger partial charge in [0.25, 0.3) is 0 Å². The van der Waals surface area contributed by atoms with Crippen LogP contribution in [0.5, 0.6) is 5.75 Å². The van der Waals surface area contributed by atoms with E-state index in [1.165, 1.54) is 16.7 Å². The van der Waals surface area contributed by atoms with Crippen LogP contribution in [0.25, 0.3) is 10.8 Å². The number of nitrogens with zero attached hydrogens (tertiary/aromatic N) is 1. The SMILES string of the molecule is CCOc1cccc(N2C(=O)CC(SCC(=O)Nc3ccc4ccccc4c3)C2=O)c1. The van der Waals surface area contributed by atoms with Gasteiger partial charge in [-0.25, -0.2) is 4.90 Å². The van der Waals surface area contributed by atoms with Crippen molar-refractivity contribution in [1.82, 2.24) is 0 Å². The fourth-order valence-corrected chi connectivity index (χ4v) is 4.46. The summed E-state index contributed by atoms with van der Waals surface area (Å²) in [5.74, 6) is -0.0967. The molecular formula is C24H22N2O4S. The van der Waals surface area contributed by atoms with Crippen molar-refractivity contribution in [3.63, 3.8) is 0 Å². The molecule has 1 aliphatic rings. The number of thioether (sulfide) groups is 1. The maximum atomic E-state index is 12.8. The number of imide groups is 1. The van der Waals surface area contributed by atoms with Gasteiger partial charge in [-0.3, -0.25) is 14.4 Å². The third kappa shape index (κ3) is 4.72. The largest absolute Gasteiger partial charge is 0.494 e. The van der Waals surface area contributed by atoms with Gasteiger partial charge in [0.05, 0.1) is 23.3 Å². The second-order valence-corrected chi connectivity index (χ2v) is 8.30. The molecule has 1 atom stereocenters. The number of amides is 3. The summed E-state index contributed by atoms with van der Waals surface area (Å²) in [6, 6.07) is 20.5. The smallest absolute Gasteiger partial charge is 0.247 e. The first-order valence-corrected chi connectivity index (χ1v) is 11.1. The highest BCUT2D eigenvalue weighted by molar-refractivity contribution is 8.01. The summed E-state index contributed by atoms with van der Waals surface area (Å²) in [4.78, 5) is 38.9. The number of anilines is 2. The van der Waals surface area contributed by atoms with Crippen molar-refractivity contribution in [3.05, 3.63) is 66.7 Å². The Balaban J connectivity index is 1.37. The Morgan fingerprint density at radius 2 is 1.87 bits per heavy atom. The minimum atomic E-state index is -0.578. The highest BCUT2D eigenvalue weighted by Crippen LogP contribution is 2.31. The van der Waals surface area contributed by atoms with Gasteiger partial charge in [0.15, 0.2) is 0 Å². The zero-order chi connectivity index (χ0) is 21.8. The van der Waals surface area contributed by atoms with Gasteiger partial charge in [0, 0.05) is 18.2 Å². The molecule has 0 aromatic heterocycles. The van der Waals surface area contributed by atoms with Crippen molar-refractivity contribution in [2.45, 2.75) is 18.6 Å². The topological polar surface area (TPSA) is 75.7 Å². The lowest BCUT2D eigenvalue weighted by Gasteiger charge is -2.16. The van der Waals surface area contributed by atoms with Crippen molar-refractivity contribution in [2.75, 3.05) is 22.6 Å². The normalized spacial score (nSPS) is 16.0. The fourth-order valence-electron chi connectivity index (χ4n) is 3.53. The zero-order valence-corrected chi connectivity index (χ0v) is 17.9. The average molecular weight is 435 g/mol. The van der Waals surface area contributed by atoms with Crippen LogP contribution in [-0.4, -0.2) is 35.3 Å². The van der Waals surface area contributed by atoms with Crippen molar-refractivity contribution < 1.29 is 19.1 Å². The van der Waals surface area contributed by atoms with E-state index in [2.05, 4.69) is 5.32 Å². The number of rotatable bonds is 7. The summed E-state index contributed by atoms with van der Waals surface area (Å²) in [6.07, 6.45) is 0.0750. The van der Waals surface area contributed by atoms with E-state index in [-0.39, 0.29) is 29.9 Å². The van der Waals surface area contributed by atoms with E-state index in [9.17, 15) is 14.4 Å². The van der Waals surface area contributed by atoms with E-state index >= 15 is 0 Å². The molecule has 7 heteroatoms. The molecule has 1 fully saturated rings. The maximum absolute atomic E-state index is 12.8. The van der Waals surface area contributed by atoms with Crippen molar-refractivity contribution in [2.24, 2.45) is 0 Å². The van der Waals surface area contributed by atoms with E-state index in [4.69, 9.17) is 4.74 Å². The van der Waals surface area contributed by atoms with Gasteiger partial charge in [0.2, 0.25) is 17.7 Å². The molecule has 3 amide bonds. The molecular weight excluding hydrogens is 412 g/mol. The Hall–Kier alpha value is -3.32. The number of nitrogens with one attached hydrogen (secondary N) is 1. The van der Waals surface area contributed by atoms with Crippen LogP contribution < -0.4 is 15.0 Å². The van der Waals surface area contributed by atoms with Crippen LogP contribution in [0.15, 0.2) is 66.7 Å². The van der Waals surface area contributed by atoms with Gasteiger partial charge in [0.1, 0.15) is 5.75 Å². The van der Waals surface area contributed by atoms with Gasteiger partial charge in [-0.05, 0) is 42.0 Å². The van der Waals surface area contributed by atoms with Crippen LogP contribution in [0.3, 0.4) is 0 Å². The molecule has 3 aromatic carbocycles. The number of hydrogen-bond acceptors (Lipinski definition) is 5. The quantitative estimate of drug-likeness (QED) is 0.563. The van der Waals surface area contributed by atoms with Gasteiger partial charge >= 0.3 is 0 Å². The zero-order valence-electron chi connectivity index (χ0n) is 17.0. The summed E-state index contributed by atoms with van der Waals surface area (Å²) in [7, 11) is 0. The molecule has 31 heavy (non-hydrogen) atoms. The molecule has 1 saturated heterocycles. The molecule has 1 aliphatic heterocycles. The van der Waals surface area contributed by atoms with Crippen molar-refractivity contribution >= 4 is 51.6 Å². The Bertz CT molecular complexity index is 1150. The van der Waals surface area contributed by atoms with Gasteiger partial charge in [-0.15, -0.1) is 11.8 Å². The summed E-state index contributed by atoms with van der Waals surface area (Å²) in [5, 5.41) is 4.42. The Morgan fingerprint density at radius 3 is 2.68 bits per heavy atom. The van der Waals surface area contributed by atoms with Crippen LogP contribution in [0.2, 0.25) is 0 Å². The minimum Gasteiger partial charge on any atom is -0.494 e. The van der Waals surface area contributed by atoms with E-state index in [0.29, 0.717) is 23.7 Å². The molecule has 1 unspecified atom stereocenters. The first-order valence-electron chi connectivity index (χ1n) is 10.0. The molecule has 158 valence electrons. The highest BCUT2D eigenvalue weighted by atomic mass is 32.2. The first kappa shape index (κ1) is 20.9. The van der Waals surface area contributed by atoms with Gasteiger partial charge < -0.3 is 10.1 Å². The number of hydrogen-bond donors (Lipinski definition) is 1. The number of carbonyl (C=O) groups excluding carboxylic acids is 3. The standard InChI is InChI=1S/C24H22N2O4S/c1-2-30-20-9-5-8-19(13-20)26-23(28)14-21(24(26)29)31-15-22(27)25-18-11-10-16-6-3-4-7-17(16)12-18/h3-13,21H,2,14-15H2,1H3,(H,25,27). The predicted molar refractivity (Wildman–Crippen MR) is 124 cm³/mol. The van der Waals surface area contributed by atoms with Crippen molar-refractivity contribution in [3.8, 4) is 5.75 Å². The molecule has 6 nitrogen and oxygen atoms in total. The lowest BCUT2D eigenvalue weighted by atomic mass is 10.1. The van der Waals surface area contributed by atoms with E-state index in [1.807, 2.05) is 49.4 Å². The summed E-state index contributed by atoms with van der Waals surface area (Å²) in [5.41, 5.74) is 1.19. The van der Waals surface area contributed by atoms with Gasteiger partial charge in [-0.2, -0.15) is 0 Å². The first-order chi connectivity index (χ1) is 15.0. The third-order valence-corrected chi connectivity index (χ3v) is 6.14. The molecule has 0 bridgehead atoms. The van der Waals surface area contributed by atoms with Crippen LogP contribution >= 0.6 is 11.8 Å². The number of ether oxygens (including phenoxy) is 1. The van der Waals surface area contributed by atoms with Crippen LogP contribution in [0.4, 0.5) is 11.4 Å². The Labute approximate surface area is 184 Å². The van der Waals surface area contributed by atoms with Crippen molar-refractivity contribution in [1.29, 1.82) is 0 Å². The predicted octanol–water partition coefficient (Wildman–Crippen LogP) is 4.24. The number of carbonyl (C=O) groups is 3. The monoisotopic (exact) mass is 434 g/mol. The Kier molecular flexibility index (Phi) is 6.23. The van der Waals surface area contributed by atoms with E-state index in [1.54, 1.807) is 24.3 Å². The third-order valence-electron chi connectivity index (χ3n) is 4.94. The maximum Gasteiger partial charge on any atom is 0.247 e. The second kappa shape index (κ2) is 9.22. The van der Waals surface area contributed by atoms with E-state index in [0.717, 1.165) is 10.8 Å². The number of fused-ring (bicyclic) bond motifs is 1. The molecule has 0 spiro atoms. The lowest BCUT2D eigenvalue weighted by molar-refractivity contribution is -0.121. The minimum absolute atomic E-state index is 0.0750. The molecule has 0 saturated carbocycles. The van der Waals surface area contributed by atoms with Crippen LogP contribution in [-0.2, 0) is 14.4 Å². The average Bonchev–Trinajstić information content (AvgIpc) is 3.05. The lowest BCUT2D eigenvalue weighted by Crippen LogP contribution is -2.31. The summed E-state index contributed by atoms with van der Waals surface area (Å²) in [6.45, 7) is 2.37. The molecule has 4 rings (SSSR count). The highest BCUT2D eigenvalue weighted by Gasteiger charge is 2.40.